The van der Waals surface area contributed by atoms with Crippen LogP contribution in [0.5, 0.6) is 0 Å². The van der Waals surface area contributed by atoms with Gasteiger partial charge in [-0.25, -0.2) is 4.79 Å². The summed E-state index contributed by atoms with van der Waals surface area (Å²) in [6.45, 7) is -0.157. The normalized spacial score (nSPS) is 41.3. The van der Waals surface area contributed by atoms with Crippen molar-refractivity contribution < 1.29 is 102 Å². The Bertz CT molecular complexity index is 1280. The SMILES string of the molecule is CC(=O)N[C@@H]1[C@@H](O)[C@H](O[C@@H]2O[C@H](CO)[C@H](O)[C@H](O[C@]3(C(=O)O)C[C@H](O)[C@@H](NC(C)=O)[C@H]([C@H](O)[C@H](O)CO)O3)[C@H]2O)[C@@H](CS(=O)(=O)O)O[C@H]1O. The highest BCUT2D eigenvalue weighted by Crippen LogP contribution is 2.38. The van der Waals surface area contributed by atoms with Crippen LogP contribution in [0.4, 0.5) is 0 Å². The van der Waals surface area contributed by atoms with Crippen molar-refractivity contribution in [2.24, 2.45) is 0 Å². The molecule has 3 aliphatic rings. The maximum atomic E-state index is 12.7. The lowest BCUT2D eigenvalue weighted by Crippen LogP contribution is -2.71. The quantitative estimate of drug-likeness (QED) is 0.0780. The topological polar surface area (TPSA) is 378 Å². The molecule has 0 saturated carbocycles. The Morgan fingerprint density at radius 2 is 1.49 bits per heavy atom. The van der Waals surface area contributed by atoms with Crippen LogP contribution >= 0.6 is 0 Å². The van der Waals surface area contributed by atoms with Gasteiger partial charge in [-0.15, -0.1) is 0 Å². The molecule has 0 aromatic heterocycles. The number of carboxylic acid groups (broad SMARTS) is 1. The predicted molar refractivity (Wildman–Crippen MR) is 151 cm³/mol. The van der Waals surface area contributed by atoms with E-state index in [1.807, 2.05) is 0 Å². The smallest absolute Gasteiger partial charge is 0.364 e. The highest BCUT2D eigenvalue weighted by atomic mass is 32.2. The van der Waals surface area contributed by atoms with E-state index in [9.17, 15) is 78.4 Å². The molecule has 16 atom stereocenters. The Morgan fingerprint density at radius 3 is 2.00 bits per heavy atom. The summed E-state index contributed by atoms with van der Waals surface area (Å²) in [4.78, 5) is 36.1. The molecule has 0 aromatic carbocycles. The summed E-state index contributed by atoms with van der Waals surface area (Å²) in [7, 11) is -4.92. The minimum absolute atomic E-state index is 0.789. The number of aliphatic carboxylic acids is 1. The third-order valence-corrected chi connectivity index (χ3v) is 8.81. The van der Waals surface area contributed by atoms with Crippen LogP contribution in [-0.2, 0) is 48.2 Å². The van der Waals surface area contributed by atoms with Gasteiger partial charge in [0, 0.05) is 20.3 Å². The number of carboxylic acids is 1. The maximum Gasteiger partial charge on any atom is 0.364 e. The maximum absolute atomic E-state index is 12.7. The number of amides is 2. The molecule has 3 aliphatic heterocycles. The number of nitrogens with one attached hydrogen (secondary N) is 2. The molecule has 0 radical (unpaired) electrons. The lowest BCUT2D eigenvalue weighted by molar-refractivity contribution is -0.381. The number of carbonyl (C=O) groups excluding carboxylic acids is 2. The molecular weight excluding hydrogens is 696 g/mol. The first-order chi connectivity index (χ1) is 22.7. The van der Waals surface area contributed by atoms with E-state index in [2.05, 4.69) is 10.6 Å². The zero-order valence-electron chi connectivity index (χ0n) is 25.9. The van der Waals surface area contributed by atoms with Crippen molar-refractivity contribution in [2.45, 2.75) is 118 Å². The van der Waals surface area contributed by atoms with Gasteiger partial charge in [-0.1, -0.05) is 0 Å². The van der Waals surface area contributed by atoms with Gasteiger partial charge in [0.15, 0.2) is 12.6 Å². The van der Waals surface area contributed by atoms with Crippen LogP contribution in [0, 0.1) is 0 Å². The highest BCUT2D eigenvalue weighted by molar-refractivity contribution is 7.85. The fourth-order valence-electron chi connectivity index (χ4n) is 5.76. The molecule has 24 heteroatoms. The molecular formula is C25H42N2O21S. The first kappa shape index (κ1) is 41.2. The van der Waals surface area contributed by atoms with Gasteiger partial charge in [-0.05, 0) is 0 Å². The number of hydrogen-bond donors (Lipinski definition) is 13. The summed E-state index contributed by atoms with van der Waals surface area (Å²) < 4.78 is 60.0. The van der Waals surface area contributed by atoms with Crippen molar-refractivity contribution in [2.75, 3.05) is 19.0 Å². The largest absolute Gasteiger partial charge is 0.477 e. The summed E-state index contributed by atoms with van der Waals surface area (Å²) in [5, 5.41) is 109. The number of ether oxygens (including phenoxy) is 5. The third kappa shape index (κ3) is 9.56. The van der Waals surface area contributed by atoms with Gasteiger partial charge >= 0.3 is 5.97 Å². The van der Waals surface area contributed by atoms with E-state index in [1.165, 1.54) is 0 Å². The molecule has 0 aliphatic carbocycles. The van der Waals surface area contributed by atoms with Crippen molar-refractivity contribution in [3.05, 3.63) is 0 Å². The summed E-state index contributed by atoms with van der Waals surface area (Å²) in [6, 6.07) is -3.29. The second-order valence-electron chi connectivity index (χ2n) is 11.8. The van der Waals surface area contributed by atoms with Crippen molar-refractivity contribution in [1.29, 1.82) is 0 Å². The Hall–Kier alpha value is -2.24. The lowest BCUT2D eigenvalue weighted by Gasteiger charge is -2.50. The Labute approximate surface area is 277 Å². The van der Waals surface area contributed by atoms with Crippen LogP contribution in [0.3, 0.4) is 0 Å². The monoisotopic (exact) mass is 738 g/mol. The highest BCUT2D eigenvalue weighted by Gasteiger charge is 2.60. The van der Waals surface area contributed by atoms with E-state index in [0.29, 0.717) is 0 Å². The fourth-order valence-corrected chi connectivity index (χ4v) is 6.45. The van der Waals surface area contributed by atoms with E-state index in [0.717, 1.165) is 13.8 Å². The number of carbonyl (C=O) groups is 3. The number of hydrogen-bond acceptors (Lipinski definition) is 19. The standard InChI is InChI=1S/C25H42N2O21S/c1-7(30)26-13-9(32)3-25(24(39)40,47-20(13)15(34)10(33)4-28)48-21-16(35)11(5-29)45-23(18(21)37)46-19-12(6-49(41,42)43)44-22(38)14(17(19)36)27-8(2)31/h9-23,28-29,32-38H,3-6H2,1-2H3,(H,26,30)(H,27,31)(H,39,40)(H,41,42,43)/t9-,10+,11+,12+,13+,14+,15+,16-,17+,18+,19+,20+,21-,22+,23-,25-/m0/s1. The summed E-state index contributed by atoms with van der Waals surface area (Å²) in [6.07, 6.45) is -27.9. The molecule has 3 saturated heterocycles. The predicted octanol–water partition coefficient (Wildman–Crippen LogP) is -8.18. The summed E-state index contributed by atoms with van der Waals surface area (Å²) >= 11 is 0. The van der Waals surface area contributed by atoms with E-state index >= 15 is 0 Å². The molecule has 23 nitrogen and oxygen atoms in total. The van der Waals surface area contributed by atoms with E-state index < -0.39 is 151 Å². The zero-order chi connectivity index (χ0) is 37.2. The zero-order valence-corrected chi connectivity index (χ0v) is 26.7. The van der Waals surface area contributed by atoms with Crippen LogP contribution in [-0.4, -0.2) is 198 Å². The van der Waals surface area contributed by atoms with Crippen molar-refractivity contribution in [1.82, 2.24) is 10.6 Å². The molecule has 284 valence electrons. The van der Waals surface area contributed by atoms with Gasteiger partial charge in [-0.3, -0.25) is 14.1 Å². The van der Waals surface area contributed by atoms with Crippen LogP contribution < -0.4 is 10.6 Å². The summed E-state index contributed by atoms with van der Waals surface area (Å²) in [5.74, 6) is -8.06. The van der Waals surface area contributed by atoms with Crippen LogP contribution in [0.25, 0.3) is 0 Å². The number of aliphatic hydroxyl groups excluding tert-OH is 9. The molecule has 0 spiro atoms. The Morgan fingerprint density at radius 1 is 0.898 bits per heavy atom. The fraction of sp³-hybridized carbons (Fsp3) is 0.880. The molecule has 0 unspecified atom stereocenters. The van der Waals surface area contributed by atoms with Crippen LogP contribution in [0.15, 0.2) is 0 Å². The van der Waals surface area contributed by atoms with Gasteiger partial charge in [-0.2, -0.15) is 8.42 Å². The molecule has 3 rings (SSSR count). The van der Waals surface area contributed by atoms with E-state index in [1.54, 1.807) is 0 Å². The average Bonchev–Trinajstić information content (AvgIpc) is 2.99. The second kappa shape index (κ2) is 16.4. The van der Waals surface area contributed by atoms with Crippen molar-refractivity contribution in [3.8, 4) is 0 Å². The molecule has 3 fully saturated rings. The number of rotatable bonds is 13. The average molecular weight is 739 g/mol. The molecule has 3 heterocycles. The van der Waals surface area contributed by atoms with Crippen molar-refractivity contribution >= 4 is 27.9 Å². The minimum atomic E-state index is -4.92. The third-order valence-electron chi connectivity index (χ3n) is 8.06. The first-order valence-corrected chi connectivity index (χ1v) is 16.3. The second-order valence-corrected chi connectivity index (χ2v) is 13.3. The lowest BCUT2D eigenvalue weighted by atomic mass is 9.88. The van der Waals surface area contributed by atoms with Crippen molar-refractivity contribution in [3.63, 3.8) is 0 Å². The molecule has 0 aromatic rings. The minimum Gasteiger partial charge on any atom is -0.477 e. The van der Waals surface area contributed by atoms with Gasteiger partial charge in [0.1, 0.15) is 72.8 Å². The molecule has 49 heavy (non-hydrogen) atoms. The Balaban J connectivity index is 2.00. The van der Waals surface area contributed by atoms with Gasteiger partial charge in [0.2, 0.25) is 11.8 Å². The van der Waals surface area contributed by atoms with Crippen LogP contribution in [0.1, 0.15) is 20.3 Å². The molecule has 0 bridgehead atoms. The number of aliphatic hydroxyl groups is 9. The molecule has 2 amide bonds. The van der Waals surface area contributed by atoms with Gasteiger partial charge < -0.3 is 85.4 Å². The Kier molecular flexibility index (Phi) is 13.8. The van der Waals surface area contributed by atoms with Gasteiger partial charge in [0.25, 0.3) is 15.9 Å². The summed E-state index contributed by atoms with van der Waals surface area (Å²) in [5.41, 5.74) is 0. The van der Waals surface area contributed by atoms with Crippen LogP contribution in [0.2, 0.25) is 0 Å². The molecule has 13 N–H and O–H groups in total. The van der Waals surface area contributed by atoms with E-state index in [4.69, 9.17) is 23.7 Å². The van der Waals surface area contributed by atoms with Gasteiger partial charge in [0.05, 0.1) is 25.4 Å². The van der Waals surface area contributed by atoms with E-state index in [-0.39, 0.29) is 0 Å². The first-order valence-electron chi connectivity index (χ1n) is 14.7.